The summed E-state index contributed by atoms with van der Waals surface area (Å²) in [6.07, 6.45) is 3.34. The number of carbonyl (C=O) groups is 1. The molecule has 1 saturated carbocycles. The average molecular weight is 298 g/mol. The van der Waals surface area contributed by atoms with E-state index in [1.807, 2.05) is 6.92 Å². The number of amides is 1. The van der Waals surface area contributed by atoms with Crippen LogP contribution in [0.4, 0.5) is 8.78 Å². The number of benzene rings is 1. The summed E-state index contributed by atoms with van der Waals surface area (Å²) in [4.78, 5) is 11.6. The van der Waals surface area contributed by atoms with Crippen LogP contribution >= 0.6 is 0 Å². The van der Waals surface area contributed by atoms with Gasteiger partial charge in [-0.2, -0.15) is 8.78 Å². The van der Waals surface area contributed by atoms with E-state index in [4.69, 9.17) is 5.73 Å². The number of ether oxygens (including phenoxy) is 1. The van der Waals surface area contributed by atoms with Crippen molar-refractivity contribution in [3.63, 3.8) is 0 Å². The van der Waals surface area contributed by atoms with Crippen LogP contribution in [0.1, 0.15) is 31.7 Å². The number of carbonyl (C=O) groups excluding carboxylic acids is 1. The summed E-state index contributed by atoms with van der Waals surface area (Å²) in [7, 11) is 0. The van der Waals surface area contributed by atoms with E-state index in [0.29, 0.717) is 18.9 Å². The molecule has 2 rings (SSSR count). The van der Waals surface area contributed by atoms with Gasteiger partial charge in [-0.05, 0) is 50.3 Å². The number of alkyl halides is 2. The zero-order valence-electron chi connectivity index (χ0n) is 11.9. The zero-order chi connectivity index (χ0) is 15.5. The number of halogens is 2. The lowest BCUT2D eigenvalue weighted by Crippen LogP contribution is -2.54. The Morgan fingerprint density at radius 2 is 2.05 bits per heavy atom. The maximum atomic E-state index is 12.1. The first kappa shape index (κ1) is 15.7. The fourth-order valence-corrected chi connectivity index (χ4v) is 2.18. The van der Waals surface area contributed by atoms with Gasteiger partial charge in [0.05, 0.1) is 5.54 Å². The molecule has 0 aliphatic heterocycles. The van der Waals surface area contributed by atoms with Gasteiger partial charge >= 0.3 is 6.61 Å². The predicted octanol–water partition coefficient (Wildman–Crippen LogP) is 2.22. The third kappa shape index (κ3) is 4.67. The van der Waals surface area contributed by atoms with Gasteiger partial charge in [0.25, 0.3) is 0 Å². The Hall–Kier alpha value is -1.69. The first-order valence-corrected chi connectivity index (χ1v) is 7.00. The molecule has 3 N–H and O–H groups in total. The maximum absolute atomic E-state index is 12.1. The second kappa shape index (κ2) is 6.39. The van der Waals surface area contributed by atoms with Crippen LogP contribution in [0.3, 0.4) is 0 Å². The number of hydrogen-bond donors (Lipinski definition) is 2. The Bertz CT molecular complexity index is 489. The molecule has 0 spiro atoms. The number of nitrogens with one attached hydrogen (secondary N) is 1. The van der Waals surface area contributed by atoms with Crippen molar-refractivity contribution in [3.8, 4) is 5.75 Å². The fraction of sp³-hybridized carbons (Fsp3) is 0.533. The molecule has 0 saturated heterocycles. The highest BCUT2D eigenvalue weighted by atomic mass is 19.3. The topological polar surface area (TPSA) is 64.3 Å². The SMILES string of the molecule is CC(CCc1ccc(OC(F)F)cc1)(NC1CC1)C(N)=O. The molecule has 0 bridgehead atoms. The molecular weight excluding hydrogens is 278 g/mol. The molecule has 0 aromatic heterocycles. The second-order valence-corrected chi connectivity index (χ2v) is 5.64. The monoisotopic (exact) mass is 298 g/mol. The van der Waals surface area contributed by atoms with Gasteiger partial charge in [-0.3, -0.25) is 4.79 Å². The Morgan fingerprint density at radius 3 is 2.52 bits per heavy atom. The highest BCUT2D eigenvalue weighted by Gasteiger charge is 2.36. The van der Waals surface area contributed by atoms with Gasteiger partial charge < -0.3 is 15.8 Å². The van der Waals surface area contributed by atoms with E-state index >= 15 is 0 Å². The fourth-order valence-electron chi connectivity index (χ4n) is 2.18. The summed E-state index contributed by atoms with van der Waals surface area (Å²) in [6, 6.07) is 6.81. The smallest absolute Gasteiger partial charge is 0.387 e. The lowest BCUT2D eigenvalue weighted by Gasteiger charge is -2.27. The largest absolute Gasteiger partial charge is 0.435 e. The molecule has 1 aromatic carbocycles. The summed E-state index contributed by atoms with van der Waals surface area (Å²) in [6.45, 7) is -1.01. The van der Waals surface area contributed by atoms with Crippen LogP contribution < -0.4 is 15.8 Å². The van der Waals surface area contributed by atoms with Crippen LogP contribution in [-0.2, 0) is 11.2 Å². The van der Waals surface area contributed by atoms with Crippen LogP contribution in [0, 0.1) is 0 Å². The van der Waals surface area contributed by atoms with Gasteiger partial charge in [-0.1, -0.05) is 12.1 Å². The molecule has 116 valence electrons. The lowest BCUT2D eigenvalue weighted by atomic mass is 9.92. The molecule has 1 unspecified atom stereocenters. The molecule has 1 aliphatic rings. The zero-order valence-corrected chi connectivity index (χ0v) is 11.9. The highest BCUT2D eigenvalue weighted by Crippen LogP contribution is 2.25. The normalized spacial score (nSPS) is 17.5. The Labute approximate surface area is 122 Å². The summed E-state index contributed by atoms with van der Waals surface area (Å²) >= 11 is 0. The van der Waals surface area contributed by atoms with Gasteiger partial charge in [-0.25, -0.2) is 0 Å². The van der Waals surface area contributed by atoms with Gasteiger partial charge in [0, 0.05) is 6.04 Å². The number of nitrogens with two attached hydrogens (primary N) is 1. The van der Waals surface area contributed by atoms with Crippen molar-refractivity contribution >= 4 is 5.91 Å². The first-order chi connectivity index (χ1) is 9.89. The summed E-state index contributed by atoms with van der Waals surface area (Å²) in [5.41, 5.74) is 5.69. The minimum atomic E-state index is -2.82. The quantitative estimate of drug-likeness (QED) is 0.773. The van der Waals surface area contributed by atoms with E-state index in [2.05, 4.69) is 10.1 Å². The third-order valence-corrected chi connectivity index (χ3v) is 3.71. The second-order valence-electron chi connectivity index (χ2n) is 5.64. The van der Waals surface area contributed by atoms with E-state index in [0.717, 1.165) is 18.4 Å². The van der Waals surface area contributed by atoms with E-state index in [1.54, 1.807) is 12.1 Å². The van der Waals surface area contributed by atoms with Crippen molar-refractivity contribution < 1.29 is 18.3 Å². The van der Waals surface area contributed by atoms with Crippen molar-refractivity contribution in [1.29, 1.82) is 0 Å². The predicted molar refractivity (Wildman–Crippen MR) is 75.2 cm³/mol. The van der Waals surface area contributed by atoms with E-state index < -0.39 is 12.2 Å². The maximum Gasteiger partial charge on any atom is 0.387 e. The van der Waals surface area contributed by atoms with Crippen LogP contribution in [-0.4, -0.2) is 24.1 Å². The number of primary amides is 1. The molecular formula is C15H20F2N2O2. The molecule has 21 heavy (non-hydrogen) atoms. The van der Waals surface area contributed by atoms with Crippen LogP contribution in [0.2, 0.25) is 0 Å². The number of aryl methyl sites for hydroxylation is 1. The summed E-state index contributed by atoms with van der Waals surface area (Å²) in [5.74, 6) is -0.241. The number of rotatable bonds is 8. The number of hydrogen-bond acceptors (Lipinski definition) is 3. The van der Waals surface area contributed by atoms with Gasteiger partial charge in [0.15, 0.2) is 0 Å². The van der Waals surface area contributed by atoms with Crippen molar-refractivity contribution in [1.82, 2.24) is 5.32 Å². The van der Waals surface area contributed by atoms with E-state index in [-0.39, 0.29) is 11.7 Å². The Kier molecular flexibility index (Phi) is 4.77. The van der Waals surface area contributed by atoms with Crippen molar-refractivity contribution in [2.24, 2.45) is 5.73 Å². The molecule has 0 heterocycles. The molecule has 4 nitrogen and oxygen atoms in total. The van der Waals surface area contributed by atoms with Crippen molar-refractivity contribution in [2.45, 2.75) is 50.8 Å². The van der Waals surface area contributed by atoms with Crippen LogP contribution in [0.5, 0.6) is 5.75 Å². The van der Waals surface area contributed by atoms with E-state index in [9.17, 15) is 13.6 Å². The minimum Gasteiger partial charge on any atom is -0.435 e. The highest BCUT2D eigenvalue weighted by molar-refractivity contribution is 5.84. The summed E-state index contributed by atoms with van der Waals surface area (Å²) in [5, 5.41) is 3.28. The molecule has 1 aliphatic carbocycles. The first-order valence-electron chi connectivity index (χ1n) is 7.00. The standard InChI is InChI=1S/C15H20F2N2O2/c1-15(13(18)20,19-11-4-5-11)9-8-10-2-6-12(7-3-10)21-14(16)17/h2-3,6-7,11,14,19H,4-5,8-9H2,1H3,(H2,18,20). The third-order valence-electron chi connectivity index (χ3n) is 3.71. The van der Waals surface area contributed by atoms with Crippen molar-refractivity contribution in [3.05, 3.63) is 29.8 Å². The average Bonchev–Trinajstić information content (AvgIpc) is 3.21. The Balaban J connectivity index is 1.92. The molecule has 1 aromatic rings. The lowest BCUT2D eigenvalue weighted by molar-refractivity contribution is -0.124. The molecule has 1 amide bonds. The molecule has 1 fully saturated rings. The van der Waals surface area contributed by atoms with Crippen LogP contribution in [0.25, 0.3) is 0 Å². The van der Waals surface area contributed by atoms with Crippen molar-refractivity contribution in [2.75, 3.05) is 0 Å². The summed E-state index contributed by atoms with van der Waals surface area (Å²) < 4.78 is 28.4. The van der Waals surface area contributed by atoms with Crippen LogP contribution in [0.15, 0.2) is 24.3 Å². The van der Waals surface area contributed by atoms with Gasteiger partial charge in [0.2, 0.25) is 5.91 Å². The van der Waals surface area contributed by atoms with Gasteiger partial charge in [-0.15, -0.1) is 0 Å². The van der Waals surface area contributed by atoms with E-state index in [1.165, 1.54) is 12.1 Å². The Morgan fingerprint density at radius 1 is 1.43 bits per heavy atom. The minimum absolute atomic E-state index is 0.127. The molecule has 0 radical (unpaired) electrons. The molecule has 6 heteroatoms. The molecule has 1 atom stereocenters. The van der Waals surface area contributed by atoms with Gasteiger partial charge in [0.1, 0.15) is 5.75 Å².